The topological polar surface area (TPSA) is 70.5 Å². The Labute approximate surface area is 150 Å². The molecule has 5 nitrogen and oxygen atoms in total. The van der Waals surface area contributed by atoms with Crippen molar-refractivity contribution in [1.82, 2.24) is 9.88 Å². The molecule has 0 aliphatic carbocycles. The summed E-state index contributed by atoms with van der Waals surface area (Å²) in [6.07, 6.45) is 8.17. The van der Waals surface area contributed by atoms with E-state index in [4.69, 9.17) is 5.11 Å². The molecule has 1 saturated heterocycles. The molecule has 6 heteroatoms. The van der Waals surface area contributed by atoms with E-state index in [-0.39, 0.29) is 23.3 Å². The van der Waals surface area contributed by atoms with Crippen LogP contribution < -0.4 is 0 Å². The van der Waals surface area contributed by atoms with Gasteiger partial charge in [-0.25, -0.2) is 9.78 Å². The summed E-state index contributed by atoms with van der Waals surface area (Å²) in [5, 5.41) is 11.1. The Kier molecular flexibility index (Phi) is 5.60. The second kappa shape index (κ2) is 8.07. The summed E-state index contributed by atoms with van der Waals surface area (Å²) in [7, 11) is 0. The number of carbonyl (C=O) groups excluding carboxylic acids is 1. The zero-order valence-electron chi connectivity index (χ0n) is 13.8. The van der Waals surface area contributed by atoms with Crippen molar-refractivity contribution in [3.8, 4) is 0 Å². The number of amides is 1. The van der Waals surface area contributed by atoms with Gasteiger partial charge in [-0.2, -0.15) is 0 Å². The molecule has 0 spiro atoms. The molecule has 2 aromatic rings. The maximum absolute atomic E-state index is 12.9. The highest BCUT2D eigenvalue weighted by molar-refractivity contribution is 7.10. The van der Waals surface area contributed by atoms with E-state index in [0.717, 1.165) is 30.6 Å². The molecule has 1 aliphatic heterocycles. The predicted octanol–water partition coefficient (Wildman–Crippen LogP) is 3.94. The Morgan fingerprint density at radius 1 is 1.16 bits per heavy atom. The van der Waals surface area contributed by atoms with Gasteiger partial charge in [-0.15, -0.1) is 11.3 Å². The van der Waals surface area contributed by atoms with Gasteiger partial charge in [0.2, 0.25) is 0 Å². The summed E-state index contributed by atoms with van der Waals surface area (Å²) in [4.78, 5) is 31.0. The second-order valence-corrected chi connectivity index (χ2v) is 6.98. The van der Waals surface area contributed by atoms with Crippen molar-refractivity contribution in [2.24, 2.45) is 0 Å². The monoisotopic (exact) mass is 356 g/mol. The number of aromatic nitrogens is 1. The van der Waals surface area contributed by atoms with E-state index in [2.05, 4.69) is 17.1 Å². The van der Waals surface area contributed by atoms with Gasteiger partial charge in [-0.1, -0.05) is 31.1 Å². The van der Waals surface area contributed by atoms with Gasteiger partial charge in [-0.05, 0) is 42.5 Å². The van der Waals surface area contributed by atoms with Gasteiger partial charge in [0.25, 0.3) is 5.91 Å². The van der Waals surface area contributed by atoms with Crippen molar-refractivity contribution in [3.63, 3.8) is 0 Å². The third-order valence-corrected chi connectivity index (χ3v) is 5.11. The number of rotatable bonds is 4. The second-order valence-electron chi connectivity index (χ2n) is 6.00. The number of aromatic carboxylic acids is 1. The van der Waals surface area contributed by atoms with Crippen molar-refractivity contribution in [2.45, 2.75) is 31.7 Å². The van der Waals surface area contributed by atoms with Crippen molar-refractivity contribution in [2.75, 3.05) is 6.54 Å². The molecule has 1 atom stereocenters. The summed E-state index contributed by atoms with van der Waals surface area (Å²) in [5.74, 6) is -1.33. The minimum atomic E-state index is -1.13. The van der Waals surface area contributed by atoms with Crippen LogP contribution >= 0.6 is 11.3 Å². The quantitative estimate of drug-likeness (QED) is 0.901. The molecule has 1 N–H and O–H groups in total. The van der Waals surface area contributed by atoms with Crippen LogP contribution in [0.1, 0.15) is 51.5 Å². The lowest BCUT2D eigenvalue weighted by atomic mass is 10.1. The molecule has 130 valence electrons. The molecular weight excluding hydrogens is 336 g/mol. The maximum atomic E-state index is 12.9. The van der Waals surface area contributed by atoms with Crippen LogP contribution in [0.25, 0.3) is 6.08 Å². The molecular formula is C19H20N2O3S. The average molecular weight is 356 g/mol. The lowest BCUT2D eigenvalue weighted by Gasteiger charge is -2.27. The zero-order valence-corrected chi connectivity index (χ0v) is 14.6. The van der Waals surface area contributed by atoms with E-state index in [9.17, 15) is 9.59 Å². The van der Waals surface area contributed by atoms with Crippen LogP contribution in [0.4, 0.5) is 0 Å². The number of pyridine rings is 1. The highest BCUT2D eigenvalue weighted by atomic mass is 32.1. The van der Waals surface area contributed by atoms with Crippen molar-refractivity contribution in [1.29, 1.82) is 0 Å². The number of likely N-dealkylation sites (tertiary alicyclic amines) is 1. The van der Waals surface area contributed by atoms with Crippen LogP contribution in [0.3, 0.4) is 0 Å². The Morgan fingerprint density at radius 3 is 2.76 bits per heavy atom. The Balaban J connectivity index is 1.84. The van der Waals surface area contributed by atoms with Gasteiger partial charge < -0.3 is 10.0 Å². The van der Waals surface area contributed by atoms with Crippen molar-refractivity contribution < 1.29 is 14.7 Å². The number of nitrogens with zero attached hydrogens (tertiary/aromatic N) is 2. The lowest BCUT2D eigenvalue weighted by Crippen LogP contribution is -2.39. The molecule has 25 heavy (non-hydrogen) atoms. The molecule has 1 fully saturated rings. The zero-order chi connectivity index (χ0) is 17.6. The molecule has 2 aromatic heterocycles. The van der Waals surface area contributed by atoms with Crippen LogP contribution in [-0.4, -0.2) is 39.5 Å². The first-order valence-corrected chi connectivity index (χ1v) is 9.26. The summed E-state index contributed by atoms with van der Waals surface area (Å²) in [5.41, 5.74) is 0.0858. The standard InChI is InChI=1S/C19H20N2O3S/c22-18(16-8-4-9-17(20-16)19(23)24)21-12-3-1-2-6-14(21)10-11-15-7-5-13-25-15/h4-5,7-11,13-14H,1-3,6,12H2,(H,23,24)/b11-10+. The number of thiophene rings is 1. The number of carbonyl (C=O) groups is 2. The van der Waals surface area contributed by atoms with Gasteiger partial charge >= 0.3 is 5.97 Å². The van der Waals surface area contributed by atoms with Gasteiger partial charge in [0, 0.05) is 11.4 Å². The van der Waals surface area contributed by atoms with Crippen LogP contribution in [0.15, 0.2) is 41.8 Å². The smallest absolute Gasteiger partial charge is 0.354 e. The Hall–Kier alpha value is -2.47. The van der Waals surface area contributed by atoms with Crippen LogP contribution in [0.5, 0.6) is 0 Å². The first-order valence-electron chi connectivity index (χ1n) is 8.38. The molecule has 0 radical (unpaired) electrons. The fourth-order valence-corrected chi connectivity index (χ4v) is 3.63. The van der Waals surface area contributed by atoms with E-state index in [1.165, 1.54) is 6.07 Å². The van der Waals surface area contributed by atoms with Gasteiger partial charge in [0.15, 0.2) is 0 Å². The average Bonchev–Trinajstić information content (AvgIpc) is 3.04. The van der Waals surface area contributed by atoms with E-state index < -0.39 is 5.97 Å². The Bertz CT molecular complexity index is 771. The largest absolute Gasteiger partial charge is 0.477 e. The lowest BCUT2D eigenvalue weighted by molar-refractivity contribution is 0.0688. The number of carboxylic acids is 1. The molecule has 3 rings (SSSR count). The highest BCUT2D eigenvalue weighted by Crippen LogP contribution is 2.21. The molecule has 0 saturated carbocycles. The van der Waals surface area contributed by atoms with E-state index >= 15 is 0 Å². The number of hydrogen-bond donors (Lipinski definition) is 1. The summed E-state index contributed by atoms with van der Waals surface area (Å²) >= 11 is 1.66. The first-order chi connectivity index (χ1) is 12.1. The number of carboxylic acid groups (broad SMARTS) is 1. The maximum Gasteiger partial charge on any atom is 0.354 e. The number of hydrogen-bond acceptors (Lipinski definition) is 4. The fraction of sp³-hybridized carbons (Fsp3) is 0.316. The molecule has 3 heterocycles. The van der Waals surface area contributed by atoms with E-state index in [0.29, 0.717) is 6.54 Å². The highest BCUT2D eigenvalue weighted by Gasteiger charge is 2.26. The van der Waals surface area contributed by atoms with Gasteiger partial charge in [-0.3, -0.25) is 4.79 Å². The van der Waals surface area contributed by atoms with Gasteiger partial charge in [0.1, 0.15) is 11.4 Å². The van der Waals surface area contributed by atoms with E-state index in [1.54, 1.807) is 23.5 Å². The van der Waals surface area contributed by atoms with Crippen LogP contribution in [-0.2, 0) is 0 Å². The van der Waals surface area contributed by atoms with Crippen molar-refractivity contribution in [3.05, 3.63) is 58.1 Å². The molecule has 1 unspecified atom stereocenters. The third kappa shape index (κ3) is 4.33. The molecule has 0 aromatic carbocycles. The van der Waals surface area contributed by atoms with Crippen molar-refractivity contribution >= 4 is 29.3 Å². The summed E-state index contributed by atoms with van der Waals surface area (Å²) in [6.45, 7) is 0.664. The summed E-state index contributed by atoms with van der Waals surface area (Å²) in [6, 6.07) is 8.60. The third-order valence-electron chi connectivity index (χ3n) is 4.27. The molecule has 0 bridgehead atoms. The van der Waals surface area contributed by atoms with Crippen LogP contribution in [0, 0.1) is 0 Å². The minimum Gasteiger partial charge on any atom is -0.477 e. The molecule has 1 aliphatic rings. The van der Waals surface area contributed by atoms with Crippen LogP contribution in [0.2, 0.25) is 0 Å². The minimum absolute atomic E-state index is 0.00684. The fourth-order valence-electron chi connectivity index (χ4n) is 3.00. The molecule has 1 amide bonds. The Morgan fingerprint density at radius 2 is 2.00 bits per heavy atom. The SMILES string of the molecule is O=C(O)c1cccc(C(=O)N2CCCCCC2/C=C/c2cccs2)n1. The van der Waals surface area contributed by atoms with Gasteiger partial charge in [0.05, 0.1) is 6.04 Å². The normalized spacial score (nSPS) is 18.2. The first kappa shape index (κ1) is 17.4. The summed E-state index contributed by atoms with van der Waals surface area (Å²) < 4.78 is 0. The van der Waals surface area contributed by atoms with E-state index in [1.807, 2.05) is 22.4 Å². The predicted molar refractivity (Wildman–Crippen MR) is 97.8 cm³/mol.